The minimum Gasteiger partial charge on any atom is -0.398 e. The van der Waals surface area contributed by atoms with Crippen molar-refractivity contribution < 1.29 is 0 Å². The van der Waals surface area contributed by atoms with Gasteiger partial charge in [-0.25, -0.2) is 0 Å². The Morgan fingerprint density at radius 3 is 2.00 bits per heavy atom. The van der Waals surface area contributed by atoms with Crippen molar-refractivity contribution in [2.45, 2.75) is 64.2 Å². The van der Waals surface area contributed by atoms with Crippen LogP contribution < -0.4 is 5.73 Å². The number of hydrogen-bond acceptors (Lipinski definition) is 2. The van der Waals surface area contributed by atoms with Crippen LogP contribution >= 0.6 is 12.6 Å². The molecule has 0 aliphatic carbocycles. The molecule has 0 aromatic heterocycles. The zero-order chi connectivity index (χ0) is 12.8. The number of nitrogen functional groups attached to an aromatic ring is 1. The maximum atomic E-state index is 6.19. The van der Waals surface area contributed by atoms with Crippen molar-refractivity contribution in [2.75, 3.05) is 5.73 Å². The maximum Gasteiger partial charge on any atom is 0.0485 e. The minimum atomic E-state index is 0.901. The Morgan fingerprint density at radius 1 is 0.941 bits per heavy atom. The quantitative estimate of drug-likeness (QED) is 0.568. The Morgan fingerprint density at radius 2 is 1.47 bits per heavy atom. The number of anilines is 1. The van der Waals surface area contributed by atoms with Gasteiger partial charge in [-0.3, -0.25) is 0 Å². The minimum absolute atomic E-state index is 0.901. The molecule has 0 radical (unpaired) electrons. The lowest BCUT2D eigenvalue weighted by molar-refractivity contribution is 0.822. The van der Waals surface area contributed by atoms with Crippen LogP contribution in [0.3, 0.4) is 0 Å². The van der Waals surface area contributed by atoms with Gasteiger partial charge in [-0.1, -0.05) is 40.0 Å². The first-order valence-corrected chi connectivity index (χ1v) is 7.22. The van der Waals surface area contributed by atoms with E-state index in [9.17, 15) is 0 Å². The summed E-state index contributed by atoms with van der Waals surface area (Å²) in [5.74, 6) is 0. The molecule has 1 nitrogen and oxygen atoms in total. The summed E-state index contributed by atoms with van der Waals surface area (Å²) in [4.78, 5) is 0.955. The first kappa shape index (κ1) is 14.4. The van der Waals surface area contributed by atoms with Gasteiger partial charge in [0.15, 0.2) is 0 Å². The summed E-state index contributed by atoms with van der Waals surface area (Å²) < 4.78 is 0. The fourth-order valence-corrected chi connectivity index (χ4v) is 2.72. The zero-order valence-corrected chi connectivity index (χ0v) is 12.2. The van der Waals surface area contributed by atoms with Gasteiger partial charge in [-0.05, 0) is 42.0 Å². The predicted molar refractivity (Wildman–Crippen MR) is 80.1 cm³/mol. The van der Waals surface area contributed by atoms with Crippen molar-refractivity contribution in [3.05, 3.63) is 22.8 Å². The maximum absolute atomic E-state index is 6.19. The molecule has 1 rings (SSSR count). The lowest BCUT2D eigenvalue weighted by atomic mass is 9.91. The second kappa shape index (κ2) is 6.95. The molecular weight excluding hydrogens is 226 g/mol. The molecule has 0 amide bonds. The van der Waals surface area contributed by atoms with Crippen LogP contribution in [0.25, 0.3) is 0 Å². The molecule has 0 heterocycles. The number of aryl methyl sites for hydroxylation is 1. The highest BCUT2D eigenvalue weighted by atomic mass is 32.1. The summed E-state index contributed by atoms with van der Waals surface area (Å²) in [6, 6.07) is 2.17. The summed E-state index contributed by atoms with van der Waals surface area (Å²) in [6.45, 7) is 6.67. The summed E-state index contributed by atoms with van der Waals surface area (Å²) in [7, 11) is 0. The molecular formula is C15H25NS. The summed E-state index contributed by atoms with van der Waals surface area (Å²) in [5, 5.41) is 0. The molecule has 0 atom stereocenters. The van der Waals surface area contributed by atoms with Crippen molar-refractivity contribution in [3.63, 3.8) is 0 Å². The molecule has 0 bridgehead atoms. The highest BCUT2D eigenvalue weighted by Gasteiger charge is 2.13. The molecule has 0 aliphatic heterocycles. The van der Waals surface area contributed by atoms with Crippen LogP contribution in [-0.2, 0) is 19.3 Å². The van der Waals surface area contributed by atoms with Crippen LogP contribution in [0.2, 0.25) is 0 Å². The molecule has 2 N–H and O–H groups in total. The normalized spacial score (nSPS) is 10.8. The smallest absolute Gasteiger partial charge is 0.0485 e. The molecule has 96 valence electrons. The van der Waals surface area contributed by atoms with E-state index in [1.807, 2.05) is 0 Å². The van der Waals surface area contributed by atoms with Gasteiger partial charge >= 0.3 is 0 Å². The topological polar surface area (TPSA) is 26.0 Å². The van der Waals surface area contributed by atoms with Crippen molar-refractivity contribution in [3.8, 4) is 0 Å². The van der Waals surface area contributed by atoms with Crippen molar-refractivity contribution >= 4 is 18.3 Å². The van der Waals surface area contributed by atoms with Crippen LogP contribution in [-0.4, -0.2) is 0 Å². The van der Waals surface area contributed by atoms with Crippen LogP contribution in [0.15, 0.2) is 11.0 Å². The fraction of sp³-hybridized carbons (Fsp3) is 0.600. The van der Waals surface area contributed by atoms with Crippen LogP contribution in [0.4, 0.5) is 5.69 Å². The second-order valence-corrected chi connectivity index (χ2v) is 5.16. The average molecular weight is 251 g/mol. The highest BCUT2D eigenvalue weighted by molar-refractivity contribution is 7.80. The fourth-order valence-electron chi connectivity index (χ4n) is 2.43. The van der Waals surface area contributed by atoms with Crippen LogP contribution in [0.5, 0.6) is 0 Å². The van der Waals surface area contributed by atoms with E-state index in [0.717, 1.165) is 36.3 Å². The number of rotatable bonds is 6. The molecule has 1 aromatic rings. The monoisotopic (exact) mass is 251 g/mol. The highest BCUT2D eigenvalue weighted by Crippen LogP contribution is 2.31. The molecule has 0 saturated carbocycles. The third kappa shape index (κ3) is 3.41. The van der Waals surface area contributed by atoms with E-state index in [1.165, 1.54) is 29.5 Å². The molecule has 1 aromatic carbocycles. The van der Waals surface area contributed by atoms with Gasteiger partial charge < -0.3 is 5.73 Å². The average Bonchev–Trinajstić information content (AvgIpc) is 2.30. The Kier molecular flexibility index (Phi) is 5.90. The SMILES string of the molecule is CCCc1cc(S)c(N)c(CCC)c1CCC. The van der Waals surface area contributed by atoms with Gasteiger partial charge in [0.25, 0.3) is 0 Å². The Hall–Kier alpha value is -0.630. The standard InChI is InChI=1S/C15H25NS/c1-4-7-11-10-14(17)15(16)13(9-6-3)12(11)8-5-2/h10,17H,4-9,16H2,1-3H3. The number of benzene rings is 1. The lowest BCUT2D eigenvalue weighted by Crippen LogP contribution is -2.06. The van der Waals surface area contributed by atoms with Gasteiger partial charge in [0.2, 0.25) is 0 Å². The van der Waals surface area contributed by atoms with Gasteiger partial charge in [0.1, 0.15) is 0 Å². The Balaban J connectivity index is 3.29. The molecule has 0 aliphatic rings. The van der Waals surface area contributed by atoms with E-state index in [4.69, 9.17) is 5.73 Å². The predicted octanol–water partition coefficient (Wildman–Crippen LogP) is 4.42. The van der Waals surface area contributed by atoms with Gasteiger partial charge in [0.05, 0.1) is 0 Å². The van der Waals surface area contributed by atoms with E-state index in [2.05, 4.69) is 39.5 Å². The van der Waals surface area contributed by atoms with Crippen LogP contribution in [0, 0.1) is 0 Å². The summed E-state index contributed by atoms with van der Waals surface area (Å²) >= 11 is 4.51. The summed E-state index contributed by atoms with van der Waals surface area (Å²) in [5.41, 5.74) is 11.4. The third-order valence-electron chi connectivity index (χ3n) is 3.18. The molecule has 0 fully saturated rings. The molecule has 0 unspecified atom stereocenters. The van der Waals surface area contributed by atoms with Crippen molar-refractivity contribution in [1.29, 1.82) is 0 Å². The zero-order valence-electron chi connectivity index (χ0n) is 11.3. The molecule has 17 heavy (non-hydrogen) atoms. The number of hydrogen-bond donors (Lipinski definition) is 2. The Bertz CT molecular complexity index is 372. The lowest BCUT2D eigenvalue weighted by Gasteiger charge is -2.18. The van der Waals surface area contributed by atoms with E-state index in [-0.39, 0.29) is 0 Å². The first-order chi connectivity index (χ1) is 8.15. The first-order valence-electron chi connectivity index (χ1n) is 6.77. The van der Waals surface area contributed by atoms with E-state index in [0.29, 0.717) is 0 Å². The summed E-state index contributed by atoms with van der Waals surface area (Å²) in [6.07, 6.45) is 6.86. The van der Waals surface area contributed by atoms with E-state index < -0.39 is 0 Å². The van der Waals surface area contributed by atoms with E-state index >= 15 is 0 Å². The van der Waals surface area contributed by atoms with Crippen LogP contribution in [0.1, 0.15) is 56.7 Å². The number of thiol groups is 1. The second-order valence-electron chi connectivity index (χ2n) is 4.68. The van der Waals surface area contributed by atoms with Gasteiger partial charge in [0, 0.05) is 10.6 Å². The molecule has 0 spiro atoms. The molecule has 2 heteroatoms. The molecule has 0 saturated heterocycles. The number of nitrogens with two attached hydrogens (primary N) is 1. The third-order valence-corrected chi connectivity index (χ3v) is 3.55. The van der Waals surface area contributed by atoms with Gasteiger partial charge in [-0.15, -0.1) is 12.6 Å². The largest absolute Gasteiger partial charge is 0.398 e. The van der Waals surface area contributed by atoms with Crippen molar-refractivity contribution in [2.24, 2.45) is 0 Å². The Labute approximate surface area is 111 Å². The van der Waals surface area contributed by atoms with E-state index in [1.54, 1.807) is 0 Å². The van der Waals surface area contributed by atoms with Gasteiger partial charge in [-0.2, -0.15) is 0 Å². The van der Waals surface area contributed by atoms with Crippen molar-refractivity contribution in [1.82, 2.24) is 0 Å².